The number of aryl methyl sites for hydroxylation is 1. The molecular formula is C30H22ClF2N7O2. The van der Waals surface area contributed by atoms with E-state index in [1.165, 1.54) is 16.7 Å². The summed E-state index contributed by atoms with van der Waals surface area (Å²) < 4.78 is 31.5. The standard InChI is InChI=1S/C30H22ClF2N7O2/c1-16-25-26(36-29(31)35-16)37-30(42)40(25)20-8-5-17(6-9-20)28(41)38-12-10-21-22-3-2-11-34-27(22)39(24(21)15-38)14-18-4-7-19(32)13-23(18)33/h2-9,11,13H,10,12,14-15H2,1H3,(H,35,36,37,42). The number of imidazole rings is 1. The van der Waals surface area contributed by atoms with E-state index in [0.29, 0.717) is 58.8 Å². The van der Waals surface area contributed by atoms with Gasteiger partial charge in [0.15, 0.2) is 5.65 Å². The van der Waals surface area contributed by atoms with Crippen molar-refractivity contribution in [3.05, 3.63) is 116 Å². The van der Waals surface area contributed by atoms with Crippen molar-refractivity contribution in [3.63, 3.8) is 0 Å². The van der Waals surface area contributed by atoms with Gasteiger partial charge in [-0.1, -0.05) is 6.07 Å². The SMILES string of the molecule is Cc1nc(Cl)nc2[nH]c(=O)n(-c3ccc(C(=O)N4CCc5c(n(Cc6ccc(F)cc6F)c6ncccc56)C4)cc3)c12. The van der Waals surface area contributed by atoms with Gasteiger partial charge in [-0.3, -0.25) is 14.3 Å². The number of hydrogen-bond acceptors (Lipinski definition) is 5. The third kappa shape index (κ3) is 4.24. The predicted octanol–water partition coefficient (Wildman–Crippen LogP) is 4.95. The third-order valence-electron chi connectivity index (χ3n) is 7.70. The second-order valence-corrected chi connectivity index (χ2v) is 10.5. The molecule has 1 N–H and O–H groups in total. The first-order valence-corrected chi connectivity index (χ1v) is 13.6. The minimum atomic E-state index is -0.640. The number of nitrogens with one attached hydrogen (secondary N) is 1. The lowest BCUT2D eigenvalue weighted by Crippen LogP contribution is -2.36. The molecule has 0 spiro atoms. The molecule has 0 saturated carbocycles. The van der Waals surface area contributed by atoms with Gasteiger partial charge in [-0.2, -0.15) is 4.98 Å². The monoisotopic (exact) mass is 585 g/mol. The molecule has 12 heteroatoms. The van der Waals surface area contributed by atoms with Crippen LogP contribution in [0.3, 0.4) is 0 Å². The van der Waals surface area contributed by atoms with Crippen LogP contribution in [0.2, 0.25) is 5.28 Å². The minimum Gasteiger partial charge on any atom is -0.332 e. The second kappa shape index (κ2) is 9.88. The van der Waals surface area contributed by atoms with Crippen LogP contribution >= 0.6 is 11.6 Å². The van der Waals surface area contributed by atoms with E-state index in [1.54, 1.807) is 42.3 Å². The van der Waals surface area contributed by atoms with E-state index in [4.69, 9.17) is 11.6 Å². The Morgan fingerprint density at radius 3 is 2.69 bits per heavy atom. The van der Waals surface area contributed by atoms with Crippen LogP contribution in [0.4, 0.5) is 8.78 Å². The summed E-state index contributed by atoms with van der Waals surface area (Å²) in [5.41, 5.74) is 4.93. The number of pyridine rings is 1. The summed E-state index contributed by atoms with van der Waals surface area (Å²) in [6.07, 6.45) is 2.28. The van der Waals surface area contributed by atoms with Crippen molar-refractivity contribution in [2.45, 2.75) is 26.4 Å². The molecular weight excluding hydrogens is 564 g/mol. The maximum Gasteiger partial charge on any atom is 0.332 e. The van der Waals surface area contributed by atoms with E-state index in [-0.39, 0.29) is 17.7 Å². The molecule has 0 unspecified atom stereocenters. The summed E-state index contributed by atoms with van der Waals surface area (Å²) in [6, 6.07) is 14.1. The van der Waals surface area contributed by atoms with E-state index >= 15 is 0 Å². The Kier molecular flexibility index (Phi) is 6.12. The van der Waals surface area contributed by atoms with Crippen molar-refractivity contribution in [2.24, 2.45) is 0 Å². The summed E-state index contributed by atoms with van der Waals surface area (Å²) in [4.78, 5) is 43.6. The van der Waals surface area contributed by atoms with Crippen LogP contribution in [0.5, 0.6) is 0 Å². The average Bonchev–Trinajstić information content (AvgIpc) is 3.48. The van der Waals surface area contributed by atoms with Gasteiger partial charge in [0.25, 0.3) is 5.91 Å². The summed E-state index contributed by atoms with van der Waals surface area (Å²) in [5, 5.41) is 0.993. The molecule has 9 nitrogen and oxygen atoms in total. The molecule has 1 aliphatic heterocycles. The van der Waals surface area contributed by atoms with Crippen LogP contribution < -0.4 is 5.69 Å². The van der Waals surface area contributed by atoms with Crippen molar-refractivity contribution >= 4 is 39.7 Å². The maximum atomic E-state index is 14.6. The lowest BCUT2D eigenvalue weighted by atomic mass is 10.0. The second-order valence-electron chi connectivity index (χ2n) is 10.2. The molecule has 0 fully saturated rings. The van der Waals surface area contributed by atoms with Gasteiger partial charge in [0.1, 0.15) is 22.8 Å². The smallest absolute Gasteiger partial charge is 0.332 e. The number of hydrogen-bond donors (Lipinski definition) is 1. The lowest BCUT2D eigenvalue weighted by molar-refractivity contribution is 0.0730. The number of nitrogens with zero attached hydrogens (tertiary/aromatic N) is 6. The van der Waals surface area contributed by atoms with Crippen LogP contribution in [0.25, 0.3) is 27.9 Å². The lowest BCUT2D eigenvalue weighted by Gasteiger charge is -2.29. The summed E-state index contributed by atoms with van der Waals surface area (Å²) in [5.74, 6) is -1.45. The molecule has 0 radical (unpaired) electrons. The van der Waals surface area contributed by atoms with Crippen molar-refractivity contribution in [1.82, 2.24) is 34.0 Å². The molecule has 0 aliphatic carbocycles. The zero-order valence-electron chi connectivity index (χ0n) is 22.2. The molecule has 1 amide bonds. The number of aromatic nitrogens is 6. The van der Waals surface area contributed by atoms with Crippen LogP contribution in [0, 0.1) is 18.6 Å². The van der Waals surface area contributed by atoms with Gasteiger partial charge < -0.3 is 9.47 Å². The van der Waals surface area contributed by atoms with E-state index in [1.807, 2.05) is 16.7 Å². The molecule has 0 saturated heterocycles. The number of benzene rings is 2. The van der Waals surface area contributed by atoms with Crippen LogP contribution in [0.1, 0.15) is 32.9 Å². The van der Waals surface area contributed by atoms with Crippen molar-refractivity contribution in [1.29, 1.82) is 0 Å². The zero-order valence-corrected chi connectivity index (χ0v) is 23.0. The van der Waals surface area contributed by atoms with Crippen molar-refractivity contribution < 1.29 is 13.6 Å². The Morgan fingerprint density at radius 1 is 1.10 bits per heavy atom. The van der Waals surface area contributed by atoms with Gasteiger partial charge in [0.2, 0.25) is 5.28 Å². The molecule has 210 valence electrons. The average molecular weight is 586 g/mol. The van der Waals surface area contributed by atoms with Gasteiger partial charge in [0, 0.05) is 41.0 Å². The van der Waals surface area contributed by atoms with Crippen LogP contribution in [-0.4, -0.2) is 46.4 Å². The van der Waals surface area contributed by atoms with Gasteiger partial charge >= 0.3 is 5.69 Å². The molecule has 6 aromatic rings. The van der Waals surface area contributed by atoms with Crippen LogP contribution in [-0.2, 0) is 19.5 Å². The van der Waals surface area contributed by atoms with E-state index in [0.717, 1.165) is 22.7 Å². The minimum absolute atomic E-state index is 0.0386. The molecule has 1 aliphatic rings. The highest BCUT2D eigenvalue weighted by Gasteiger charge is 2.28. The van der Waals surface area contributed by atoms with Gasteiger partial charge in [0.05, 0.1) is 24.5 Å². The quantitative estimate of drug-likeness (QED) is 0.295. The molecule has 0 bridgehead atoms. The Bertz CT molecular complexity index is 2100. The Morgan fingerprint density at radius 2 is 1.90 bits per heavy atom. The molecule has 5 heterocycles. The largest absolute Gasteiger partial charge is 0.332 e. The van der Waals surface area contributed by atoms with Crippen LogP contribution in [0.15, 0.2) is 65.6 Å². The highest BCUT2D eigenvalue weighted by molar-refractivity contribution is 6.28. The molecule has 0 atom stereocenters. The Balaban J connectivity index is 1.20. The maximum absolute atomic E-state index is 14.6. The van der Waals surface area contributed by atoms with Gasteiger partial charge in [-0.05, 0) is 73.0 Å². The number of amides is 1. The van der Waals surface area contributed by atoms with Gasteiger partial charge in [-0.15, -0.1) is 0 Å². The normalized spacial score (nSPS) is 13.2. The summed E-state index contributed by atoms with van der Waals surface area (Å²) in [6.45, 7) is 2.68. The van der Waals surface area contributed by atoms with Gasteiger partial charge in [-0.25, -0.2) is 23.5 Å². The predicted molar refractivity (Wildman–Crippen MR) is 153 cm³/mol. The Hall–Kier alpha value is -4.90. The van der Waals surface area contributed by atoms with Crippen molar-refractivity contribution in [3.8, 4) is 5.69 Å². The fraction of sp³-hybridized carbons (Fsp3) is 0.167. The number of H-pyrrole nitrogens is 1. The third-order valence-corrected chi connectivity index (χ3v) is 7.87. The zero-order chi connectivity index (χ0) is 29.1. The molecule has 4 aromatic heterocycles. The first-order chi connectivity index (χ1) is 20.3. The molecule has 2 aromatic carbocycles. The number of rotatable bonds is 4. The Labute approximate surface area is 242 Å². The number of fused-ring (bicyclic) bond motifs is 4. The molecule has 7 rings (SSSR count). The fourth-order valence-electron chi connectivity index (χ4n) is 5.75. The highest BCUT2D eigenvalue weighted by Crippen LogP contribution is 2.31. The first-order valence-electron chi connectivity index (χ1n) is 13.2. The number of halogens is 3. The summed E-state index contributed by atoms with van der Waals surface area (Å²) in [7, 11) is 0. The fourth-order valence-corrected chi connectivity index (χ4v) is 5.96. The van der Waals surface area contributed by atoms with Crippen molar-refractivity contribution in [2.75, 3.05) is 6.54 Å². The number of carbonyl (C=O) groups excluding carboxylic acids is 1. The number of carbonyl (C=O) groups is 1. The van der Waals surface area contributed by atoms with E-state index in [9.17, 15) is 18.4 Å². The molecule has 42 heavy (non-hydrogen) atoms. The van der Waals surface area contributed by atoms with E-state index in [2.05, 4.69) is 19.9 Å². The first kappa shape index (κ1) is 26.0. The van der Waals surface area contributed by atoms with E-state index < -0.39 is 17.3 Å². The topological polar surface area (TPSA) is 102 Å². The number of aromatic amines is 1. The summed E-state index contributed by atoms with van der Waals surface area (Å²) >= 11 is 5.95. The highest BCUT2D eigenvalue weighted by atomic mass is 35.5.